The van der Waals surface area contributed by atoms with Crippen molar-refractivity contribution in [2.45, 2.75) is 12.6 Å². The van der Waals surface area contributed by atoms with Gasteiger partial charge in [-0.25, -0.2) is 17.6 Å². The van der Waals surface area contributed by atoms with Gasteiger partial charge in [-0.2, -0.15) is 0 Å². The molecule has 96 valence electrons. The van der Waals surface area contributed by atoms with Crippen LogP contribution < -0.4 is 0 Å². The van der Waals surface area contributed by atoms with E-state index in [1.54, 1.807) is 6.55 Å². The minimum absolute atomic E-state index is 0.111. The molecule has 17 heavy (non-hydrogen) atoms. The molecule has 0 bridgehead atoms. The van der Waals surface area contributed by atoms with Crippen LogP contribution in [0, 0.1) is 23.3 Å². The van der Waals surface area contributed by atoms with Crippen molar-refractivity contribution < 1.29 is 26.4 Å². The summed E-state index contributed by atoms with van der Waals surface area (Å²) < 4.78 is 62.2. The van der Waals surface area contributed by atoms with Crippen molar-refractivity contribution in [2.75, 3.05) is 14.2 Å². The molecule has 2 nitrogen and oxygen atoms in total. The van der Waals surface area contributed by atoms with Gasteiger partial charge in [0.25, 0.3) is 0 Å². The monoisotopic (exact) mass is 268 g/mol. The molecule has 0 saturated carbocycles. The van der Waals surface area contributed by atoms with Crippen LogP contribution in [0.1, 0.15) is 5.56 Å². The molecule has 7 heteroatoms. The fourth-order valence-corrected chi connectivity index (χ4v) is 2.73. The second-order valence-electron chi connectivity index (χ2n) is 3.68. The molecule has 0 radical (unpaired) electrons. The van der Waals surface area contributed by atoms with E-state index < -0.39 is 31.8 Å². The van der Waals surface area contributed by atoms with Crippen LogP contribution in [0.3, 0.4) is 0 Å². The summed E-state index contributed by atoms with van der Waals surface area (Å²) in [6.45, 7) is 1.60. The quantitative estimate of drug-likeness (QED) is 0.362. The molecule has 1 aromatic carbocycles. The van der Waals surface area contributed by atoms with Crippen molar-refractivity contribution in [3.63, 3.8) is 0 Å². The van der Waals surface area contributed by atoms with Crippen LogP contribution in [0.15, 0.2) is 6.07 Å². The lowest BCUT2D eigenvalue weighted by atomic mass is 10.2. The van der Waals surface area contributed by atoms with E-state index in [0.717, 1.165) is 0 Å². The average molecular weight is 268 g/mol. The van der Waals surface area contributed by atoms with Crippen molar-refractivity contribution in [1.82, 2.24) is 0 Å². The topological polar surface area (TPSA) is 18.5 Å². The Labute approximate surface area is 97.4 Å². The number of rotatable bonds is 4. The second-order valence-corrected chi connectivity index (χ2v) is 7.12. The summed E-state index contributed by atoms with van der Waals surface area (Å²) in [7, 11) is 0.00131. The maximum Gasteiger partial charge on any atom is 0.339 e. The predicted molar refractivity (Wildman–Crippen MR) is 55.6 cm³/mol. The predicted octanol–water partition coefficient (Wildman–Crippen LogP) is 2.69. The molecule has 0 unspecified atom stereocenters. The van der Waals surface area contributed by atoms with Crippen LogP contribution in [0.4, 0.5) is 17.6 Å². The molecule has 0 spiro atoms. The molecule has 1 aromatic rings. The first-order valence-corrected chi connectivity index (χ1v) is 7.29. The molecule has 0 saturated heterocycles. The highest BCUT2D eigenvalue weighted by molar-refractivity contribution is 6.65. The van der Waals surface area contributed by atoms with Gasteiger partial charge < -0.3 is 8.85 Å². The summed E-state index contributed by atoms with van der Waals surface area (Å²) >= 11 is 0. The van der Waals surface area contributed by atoms with Gasteiger partial charge in [0.15, 0.2) is 23.3 Å². The normalized spacial score (nSPS) is 11.9. The third kappa shape index (κ3) is 2.85. The zero-order valence-electron chi connectivity index (χ0n) is 9.61. The summed E-state index contributed by atoms with van der Waals surface area (Å²) in [5.41, 5.74) is -0.292. The zero-order chi connectivity index (χ0) is 13.2. The van der Waals surface area contributed by atoms with Crippen molar-refractivity contribution in [3.05, 3.63) is 34.9 Å². The Morgan fingerprint density at radius 1 is 1.00 bits per heavy atom. The molecule has 0 amide bonds. The largest absolute Gasteiger partial charge is 0.398 e. The van der Waals surface area contributed by atoms with Crippen LogP contribution in [0.5, 0.6) is 0 Å². The molecule has 1 rings (SSSR count). The van der Waals surface area contributed by atoms with Gasteiger partial charge in [-0.3, -0.25) is 0 Å². The van der Waals surface area contributed by atoms with Crippen LogP contribution in [0.2, 0.25) is 6.55 Å². The van der Waals surface area contributed by atoms with Gasteiger partial charge in [0.05, 0.1) is 0 Å². The summed E-state index contributed by atoms with van der Waals surface area (Å²) in [6, 6.07) is 0.511. The van der Waals surface area contributed by atoms with Crippen molar-refractivity contribution in [2.24, 2.45) is 0 Å². The molecular weight excluding hydrogens is 256 g/mol. The van der Waals surface area contributed by atoms with E-state index in [1.165, 1.54) is 14.2 Å². The van der Waals surface area contributed by atoms with E-state index in [9.17, 15) is 17.6 Å². The lowest BCUT2D eigenvalue weighted by molar-refractivity contribution is 0.248. The molecule has 0 heterocycles. The minimum atomic E-state index is -2.73. The van der Waals surface area contributed by atoms with Crippen LogP contribution in [-0.4, -0.2) is 22.8 Å². The maximum atomic E-state index is 13.4. The van der Waals surface area contributed by atoms with Crippen LogP contribution in [0.25, 0.3) is 0 Å². The molecule has 0 atom stereocenters. The van der Waals surface area contributed by atoms with Crippen molar-refractivity contribution >= 4 is 8.56 Å². The molecule has 0 fully saturated rings. The highest BCUT2D eigenvalue weighted by Gasteiger charge is 2.32. The van der Waals surface area contributed by atoms with Gasteiger partial charge in [0.1, 0.15) is 0 Å². The first-order chi connectivity index (χ1) is 7.84. The molecular formula is C10H12F4O2Si. The van der Waals surface area contributed by atoms with Gasteiger partial charge in [0, 0.05) is 20.3 Å². The summed E-state index contributed by atoms with van der Waals surface area (Å²) in [4.78, 5) is 0. The summed E-state index contributed by atoms with van der Waals surface area (Å²) in [6.07, 6.45) is 0. The minimum Gasteiger partial charge on any atom is -0.398 e. The zero-order valence-corrected chi connectivity index (χ0v) is 10.6. The van der Waals surface area contributed by atoms with Gasteiger partial charge in [-0.05, 0) is 18.2 Å². The number of benzene rings is 1. The van der Waals surface area contributed by atoms with Crippen molar-refractivity contribution in [3.8, 4) is 0 Å². The second kappa shape index (κ2) is 5.15. The lowest BCUT2D eigenvalue weighted by Crippen LogP contribution is -2.39. The van der Waals surface area contributed by atoms with E-state index >= 15 is 0 Å². The van der Waals surface area contributed by atoms with E-state index in [0.29, 0.717) is 6.07 Å². The molecule has 0 aromatic heterocycles. The van der Waals surface area contributed by atoms with Gasteiger partial charge in [0.2, 0.25) is 0 Å². The maximum absolute atomic E-state index is 13.4. The highest BCUT2D eigenvalue weighted by atomic mass is 28.4. The van der Waals surface area contributed by atoms with Gasteiger partial charge in [-0.1, -0.05) is 0 Å². The van der Waals surface area contributed by atoms with E-state index in [4.69, 9.17) is 8.85 Å². The van der Waals surface area contributed by atoms with Crippen LogP contribution >= 0.6 is 0 Å². The highest BCUT2D eigenvalue weighted by Crippen LogP contribution is 2.22. The first-order valence-electron chi connectivity index (χ1n) is 4.77. The number of hydrogen-bond acceptors (Lipinski definition) is 2. The third-order valence-corrected chi connectivity index (χ3v) is 5.30. The van der Waals surface area contributed by atoms with E-state index in [-0.39, 0.29) is 11.6 Å². The smallest absolute Gasteiger partial charge is 0.339 e. The summed E-state index contributed by atoms with van der Waals surface area (Å²) in [5.74, 6) is -6.47. The van der Waals surface area contributed by atoms with E-state index in [2.05, 4.69) is 0 Å². The van der Waals surface area contributed by atoms with E-state index in [1.807, 2.05) is 0 Å². The number of hydrogen-bond donors (Lipinski definition) is 0. The van der Waals surface area contributed by atoms with Gasteiger partial charge in [-0.15, -0.1) is 0 Å². The molecule has 0 aliphatic carbocycles. The SMILES string of the molecule is CO[Si](C)(Cc1cc(F)c(F)c(F)c1F)OC. The third-order valence-electron chi connectivity index (χ3n) is 2.55. The average Bonchev–Trinajstić information content (AvgIpc) is 2.33. The van der Waals surface area contributed by atoms with Crippen molar-refractivity contribution in [1.29, 1.82) is 0 Å². The Kier molecular flexibility index (Phi) is 4.29. The van der Waals surface area contributed by atoms with Gasteiger partial charge >= 0.3 is 8.56 Å². The Morgan fingerprint density at radius 3 is 2.00 bits per heavy atom. The Balaban J connectivity index is 3.16. The Bertz CT molecular complexity index is 421. The molecule has 0 N–H and O–H groups in total. The fourth-order valence-electron chi connectivity index (χ4n) is 1.32. The standard InChI is InChI=1S/C10H12F4O2Si/c1-15-17(3,16-2)5-6-4-7(11)9(13)10(14)8(6)12/h4H,5H2,1-3H3. The van der Waals surface area contributed by atoms with Crippen LogP contribution in [-0.2, 0) is 14.9 Å². The Morgan fingerprint density at radius 2 is 1.53 bits per heavy atom. The molecule has 0 aliphatic heterocycles. The summed E-state index contributed by atoms with van der Waals surface area (Å²) in [5, 5.41) is 0. The first kappa shape index (κ1) is 14.1. The lowest BCUT2D eigenvalue weighted by Gasteiger charge is -2.23. The fraction of sp³-hybridized carbons (Fsp3) is 0.400. The molecule has 0 aliphatic rings. The Hall–Kier alpha value is -0.923. The number of halogens is 4.